The Labute approximate surface area is 112 Å². The summed E-state index contributed by atoms with van der Waals surface area (Å²) in [4.78, 5) is 6.62. The first-order valence-electron chi connectivity index (χ1n) is 5.41. The molecule has 1 aliphatic rings. The maximum absolute atomic E-state index is 9.12. The Morgan fingerprint density at radius 2 is 2.19 bits per heavy atom. The monoisotopic (exact) mass is 348 g/mol. The summed E-state index contributed by atoms with van der Waals surface area (Å²) >= 11 is 6.92. The van der Waals surface area contributed by atoms with Gasteiger partial charge < -0.3 is 10.0 Å². The van der Waals surface area contributed by atoms with E-state index in [4.69, 9.17) is 5.11 Å². The molecule has 1 saturated carbocycles. The molecule has 0 saturated heterocycles. The molecule has 0 radical (unpaired) electrons. The summed E-state index contributed by atoms with van der Waals surface area (Å²) in [6, 6.07) is 2.53. The average molecular weight is 350 g/mol. The summed E-state index contributed by atoms with van der Waals surface area (Å²) < 4.78 is 1.93. The van der Waals surface area contributed by atoms with Crippen LogP contribution in [-0.4, -0.2) is 29.3 Å². The summed E-state index contributed by atoms with van der Waals surface area (Å²) in [5, 5.41) is 9.12. The molecule has 1 aromatic rings. The van der Waals surface area contributed by atoms with Crippen LogP contribution in [-0.2, 0) is 0 Å². The molecular formula is C11H14Br2N2O. The lowest BCUT2D eigenvalue weighted by molar-refractivity contribution is 0.283. The zero-order chi connectivity index (χ0) is 11.5. The number of anilines is 1. The van der Waals surface area contributed by atoms with Crippen LogP contribution in [0.5, 0.6) is 0 Å². The molecule has 0 aliphatic heterocycles. The quantitative estimate of drug-likeness (QED) is 0.907. The van der Waals surface area contributed by atoms with Crippen LogP contribution in [0.2, 0.25) is 0 Å². The van der Waals surface area contributed by atoms with E-state index in [9.17, 15) is 0 Å². The third-order valence-electron chi connectivity index (χ3n) is 2.92. The molecule has 0 spiro atoms. The normalized spacial score (nSPS) is 15.9. The molecule has 1 aromatic heterocycles. The highest BCUT2D eigenvalue weighted by Gasteiger charge is 2.26. The zero-order valence-electron chi connectivity index (χ0n) is 8.87. The van der Waals surface area contributed by atoms with E-state index in [1.807, 2.05) is 6.07 Å². The maximum atomic E-state index is 9.12. The molecule has 0 aromatic carbocycles. The molecule has 2 rings (SSSR count). The van der Waals surface area contributed by atoms with Gasteiger partial charge in [-0.2, -0.15) is 0 Å². The Morgan fingerprint density at radius 3 is 2.69 bits per heavy atom. The van der Waals surface area contributed by atoms with Crippen molar-refractivity contribution in [1.82, 2.24) is 4.98 Å². The van der Waals surface area contributed by atoms with Gasteiger partial charge in [-0.3, -0.25) is 0 Å². The van der Waals surface area contributed by atoms with Gasteiger partial charge in [0, 0.05) is 23.3 Å². The highest BCUT2D eigenvalue weighted by molar-refractivity contribution is 9.11. The molecule has 0 atom stereocenters. The number of rotatable bonds is 4. The van der Waals surface area contributed by atoms with Gasteiger partial charge in [-0.25, -0.2) is 4.98 Å². The van der Waals surface area contributed by atoms with Gasteiger partial charge in [-0.15, -0.1) is 0 Å². The van der Waals surface area contributed by atoms with Gasteiger partial charge >= 0.3 is 0 Å². The van der Waals surface area contributed by atoms with E-state index in [0.29, 0.717) is 12.6 Å². The highest BCUT2D eigenvalue weighted by atomic mass is 79.9. The molecule has 0 bridgehead atoms. The number of aromatic nitrogens is 1. The molecule has 16 heavy (non-hydrogen) atoms. The second kappa shape index (κ2) is 5.47. The first-order chi connectivity index (χ1) is 7.72. The largest absolute Gasteiger partial charge is 0.395 e. The second-order valence-electron chi connectivity index (χ2n) is 3.96. The van der Waals surface area contributed by atoms with Gasteiger partial charge in [0.15, 0.2) is 0 Å². The van der Waals surface area contributed by atoms with E-state index in [1.54, 1.807) is 6.20 Å². The van der Waals surface area contributed by atoms with Gasteiger partial charge in [0.2, 0.25) is 0 Å². The number of nitrogens with zero attached hydrogens (tertiary/aromatic N) is 2. The van der Waals surface area contributed by atoms with E-state index >= 15 is 0 Å². The number of aliphatic hydroxyl groups excluding tert-OH is 1. The Kier molecular flexibility index (Phi) is 4.21. The number of aliphatic hydroxyl groups is 1. The van der Waals surface area contributed by atoms with Gasteiger partial charge in [0.25, 0.3) is 0 Å². The molecule has 0 amide bonds. The minimum absolute atomic E-state index is 0.167. The summed E-state index contributed by atoms with van der Waals surface area (Å²) in [5.74, 6) is 0.932. The zero-order valence-corrected chi connectivity index (χ0v) is 12.0. The first-order valence-corrected chi connectivity index (χ1v) is 6.99. The van der Waals surface area contributed by atoms with Crippen molar-refractivity contribution in [3.05, 3.63) is 21.2 Å². The van der Waals surface area contributed by atoms with Crippen molar-refractivity contribution >= 4 is 37.7 Å². The Bertz CT molecular complexity index is 369. The first kappa shape index (κ1) is 12.3. The van der Waals surface area contributed by atoms with E-state index in [1.165, 1.54) is 19.3 Å². The van der Waals surface area contributed by atoms with Gasteiger partial charge in [-0.05, 0) is 57.2 Å². The lowest BCUT2D eigenvalue weighted by Crippen LogP contribution is -2.42. The van der Waals surface area contributed by atoms with Crippen LogP contribution < -0.4 is 4.90 Å². The van der Waals surface area contributed by atoms with Gasteiger partial charge in [-0.1, -0.05) is 0 Å². The Hall–Kier alpha value is -0.130. The molecule has 3 nitrogen and oxygen atoms in total. The molecule has 1 aliphatic carbocycles. The standard InChI is InChI=1S/C11H14Br2N2O/c12-8-6-10(13)11(14-7-8)15(4-5-16)9-2-1-3-9/h6-7,9,16H,1-5H2. The highest BCUT2D eigenvalue weighted by Crippen LogP contribution is 2.33. The van der Waals surface area contributed by atoms with Crippen molar-refractivity contribution in [2.24, 2.45) is 0 Å². The van der Waals surface area contributed by atoms with E-state index in [-0.39, 0.29) is 6.61 Å². The smallest absolute Gasteiger partial charge is 0.143 e. The number of pyridine rings is 1. The molecular weight excluding hydrogens is 336 g/mol. The average Bonchev–Trinajstić information content (AvgIpc) is 2.14. The lowest BCUT2D eigenvalue weighted by atomic mass is 9.91. The summed E-state index contributed by atoms with van der Waals surface area (Å²) in [6.45, 7) is 0.818. The van der Waals surface area contributed by atoms with Crippen LogP contribution in [0, 0.1) is 0 Å². The topological polar surface area (TPSA) is 36.4 Å². The number of halogens is 2. The van der Waals surface area contributed by atoms with Crippen molar-refractivity contribution < 1.29 is 5.11 Å². The number of hydrogen-bond acceptors (Lipinski definition) is 3. The molecule has 1 fully saturated rings. The molecule has 5 heteroatoms. The molecule has 1 N–H and O–H groups in total. The van der Waals surface area contributed by atoms with Crippen LogP contribution in [0.25, 0.3) is 0 Å². The van der Waals surface area contributed by atoms with E-state index in [0.717, 1.165) is 14.8 Å². The summed E-state index contributed by atoms with van der Waals surface area (Å²) in [6.07, 6.45) is 5.47. The van der Waals surface area contributed by atoms with E-state index < -0.39 is 0 Å². The van der Waals surface area contributed by atoms with Crippen molar-refractivity contribution in [3.8, 4) is 0 Å². The lowest BCUT2D eigenvalue weighted by Gasteiger charge is -2.38. The SMILES string of the molecule is OCCN(c1ncc(Br)cc1Br)C1CCC1. The predicted octanol–water partition coefficient (Wildman–Crippen LogP) is 2.96. The van der Waals surface area contributed by atoms with E-state index in [2.05, 4.69) is 41.7 Å². The molecule has 1 heterocycles. The van der Waals surface area contributed by atoms with Gasteiger partial charge in [0.1, 0.15) is 5.82 Å². The van der Waals surface area contributed by atoms with Crippen molar-refractivity contribution in [2.75, 3.05) is 18.1 Å². The Morgan fingerprint density at radius 1 is 1.44 bits per heavy atom. The maximum Gasteiger partial charge on any atom is 0.143 e. The van der Waals surface area contributed by atoms with Crippen LogP contribution >= 0.6 is 31.9 Å². The fourth-order valence-electron chi connectivity index (χ4n) is 1.89. The predicted molar refractivity (Wildman–Crippen MR) is 71.7 cm³/mol. The molecule has 0 unspecified atom stereocenters. The second-order valence-corrected chi connectivity index (χ2v) is 5.73. The Balaban J connectivity index is 2.23. The fraction of sp³-hybridized carbons (Fsp3) is 0.545. The fourth-order valence-corrected chi connectivity index (χ4v) is 3.10. The van der Waals surface area contributed by atoms with Crippen molar-refractivity contribution in [2.45, 2.75) is 25.3 Å². The van der Waals surface area contributed by atoms with Crippen LogP contribution in [0.1, 0.15) is 19.3 Å². The van der Waals surface area contributed by atoms with Crippen molar-refractivity contribution in [3.63, 3.8) is 0 Å². The van der Waals surface area contributed by atoms with Gasteiger partial charge in [0.05, 0.1) is 11.1 Å². The summed E-state index contributed by atoms with van der Waals surface area (Å²) in [7, 11) is 0. The minimum atomic E-state index is 0.167. The summed E-state index contributed by atoms with van der Waals surface area (Å²) in [5.41, 5.74) is 0. The van der Waals surface area contributed by atoms with Crippen LogP contribution in [0.4, 0.5) is 5.82 Å². The van der Waals surface area contributed by atoms with Crippen molar-refractivity contribution in [1.29, 1.82) is 0 Å². The third-order valence-corrected chi connectivity index (χ3v) is 3.93. The molecule has 88 valence electrons. The van der Waals surface area contributed by atoms with Crippen LogP contribution in [0.15, 0.2) is 21.2 Å². The minimum Gasteiger partial charge on any atom is -0.395 e. The van der Waals surface area contributed by atoms with Crippen LogP contribution in [0.3, 0.4) is 0 Å². The third kappa shape index (κ3) is 2.57. The number of hydrogen-bond donors (Lipinski definition) is 1.